The van der Waals surface area contributed by atoms with Gasteiger partial charge < -0.3 is 5.73 Å². The fourth-order valence-corrected chi connectivity index (χ4v) is 2.64. The molecule has 76 valence electrons. The first-order valence-corrected chi connectivity index (χ1v) is 5.81. The molecule has 0 unspecified atom stereocenters. The Bertz CT molecular complexity index is 504. The first-order chi connectivity index (χ1) is 7.33. The van der Waals surface area contributed by atoms with E-state index in [0.29, 0.717) is 5.95 Å². The molecule has 1 aromatic carbocycles. The van der Waals surface area contributed by atoms with Gasteiger partial charge in [0.25, 0.3) is 0 Å². The van der Waals surface area contributed by atoms with E-state index in [0.717, 1.165) is 10.6 Å². The van der Waals surface area contributed by atoms with Crippen LogP contribution in [0.2, 0.25) is 0 Å². The monoisotopic (exact) mass is 217 g/mol. The van der Waals surface area contributed by atoms with Crippen LogP contribution in [0, 0.1) is 0 Å². The molecule has 0 amide bonds. The highest BCUT2D eigenvalue weighted by molar-refractivity contribution is 7.09. The zero-order valence-electron chi connectivity index (χ0n) is 8.23. The number of nitrogens with two attached hydrogens (primary N) is 1. The molecule has 0 saturated heterocycles. The van der Waals surface area contributed by atoms with E-state index >= 15 is 0 Å². The molecular weight excluding hydrogens is 206 g/mol. The lowest BCUT2D eigenvalue weighted by atomic mass is 10.1. The Kier molecular flexibility index (Phi) is 1.95. The fourth-order valence-electron chi connectivity index (χ4n) is 2.06. The van der Waals surface area contributed by atoms with Gasteiger partial charge in [0, 0.05) is 5.56 Å². The Morgan fingerprint density at radius 3 is 2.87 bits per heavy atom. The number of benzene rings is 1. The van der Waals surface area contributed by atoms with Crippen molar-refractivity contribution in [2.24, 2.45) is 0 Å². The Morgan fingerprint density at radius 1 is 1.20 bits per heavy atom. The van der Waals surface area contributed by atoms with E-state index in [1.54, 1.807) is 0 Å². The van der Waals surface area contributed by atoms with Crippen LogP contribution in [0.3, 0.4) is 0 Å². The van der Waals surface area contributed by atoms with E-state index in [1.165, 1.54) is 41.9 Å². The third-order valence-corrected chi connectivity index (χ3v) is 3.57. The number of rotatable bonds is 1. The average molecular weight is 217 g/mol. The minimum Gasteiger partial charge on any atom is -0.367 e. The highest BCUT2D eigenvalue weighted by Crippen LogP contribution is 2.28. The third-order valence-electron chi connectivity index (χ3n) is 2.79. The zero-order valence-corrected chi connectivity index (χ0v) is 9.05. The van der Waals surface area contributed by atoms with Crippen LogP contribution in [0.25, 0.3) is 10.6 Å². The second-order valence-corrected chi connectivity index (χ2v) is 4.55. The molecule has 1 aromatic heterocycles. The predicted octanol–water partition coefficient (Wildman–Crippen LogP) is 2.28. The molecule has 3 nitrogen and oxygen atoms in total. The molecule has 0 bridgehead atoms. The lowest BCUT2D eigenvalue weighted by Crippen LogP contribution is -1.87. The van der Waals surface area contributed by atoms with E-state index in [2.05, 4.69) is 27.6 Å². The van der Waals surface area contributed by atoms with Crippen molar-refractivity contribution in [1.29, 1.82) is 0 Å². The van der Waals surface area contributed by atoms with Crippen LogP contribution in [0.5, 0.6) is 0 Å². The maximum Gasteiger partial charge on any atom is 0.232 e. The van der Waals surface area contributed by atoms with Gasteiger partial charge in [0.2, 0.25) is 5.95 Å². The van der Waals surface area contributed by atoms with Crippen LogP contribution in [0.1, 0.15) is 17.5 Å². The molecule has 0 atom stereocenters. The number of nitrogen functional groups attached to an aromatic ring is 1. The smallest absolute Gasteiger partial charge is 0.232 e. The van der Waals surface area contributed by atoms with Gasteiger partial charge in [-0.05, 0) is 48.0 Å². The summed E-state index contributed by atoms with van der Waals surface area (Å²) >= 11 is 1.36. The Balaban J connectivity index is 2.06. The van der Waals surface area contributed by atoms with Gasteiger partial charge in [0.1, 0.15) is 5.01 Å². The van der Waals surface area contributed by atoms with Gasteiger partial charge in [0.05, 0.1) is 0 Å². The summed E-state index contributed by atoms with van der Waals surface area (Å²) in [6.45, 7) is 0. The quantitative estimate of drug-likeness (QED) is 0.797. The van der Waals surface area contributed by atoms with E-state index in [4.69, 9.17) is 5.73 Å². The van der Waals surface area contributed by atoms with Gasteiger partial charge >= 0.3 is 0 Å². The van der Waals surface area contributed by atoms with Crippen LogP contribution < -0.4 is 5.73 Å². The van der Waals surface area contributed by atoms with Gasteiger partial charge in [-0.3, -0.25) is 0 Å². The van der Waals surface area contributed by atoms with E-state index in [9.17, 15) is 0 Å². The SMILES string of the molecule is Nc1nsc(-c2ccc3c(c2)CCC3)n1. The van der Waals surface area contributed by atoms with Crippen molar-refractivity contribution < 1.29 is 0 Å². The molecule has 3 rings (SSSR count). The van der Waals surface area contributed by atoms with Gasteiger partial charge in [-0.15, -0.1) is 0 Å². The van der Waals surface area contributed by atoms with Crippen molar-refractivity contribution in [3.63, 3.8) is 0 Å². The molecule has 0 aliphatic heterocycles. The predicted molar refractivity (Wildman–Crippen MR) is 61.8 cm³/mol. The standard InChI is InChI=1S/C11H11N3S/c12-11-13-10(15-14-11)9-5-4-7-2-1-3-8(7)6-9/h4-6H,1-3H2,(H2,12,14). The number of hydrogen-bond donors (Lipinski definition) is 1. The molecule has 15 heavy (non-hydrogen) atoms. The van der Waals surface area contributed by atoms with Gasteiger partial charge in [-0.1, -0.05) is 12.1 Å². The van der Waals surface area contributed by atoms with Gasteiger partial charge in [0.15, 0.2) is 0 Å². The summed E-state index contributed by atoms with van der Waals surface area (Å²) in [6, 6.07) is 6.54. The Hall–Kier alpha value is -1.42. The number of nitrogens with zero attached hydrogens (tertiary/aromatic N) is 2. The normalized spacial score (nSPS) is 14.1. The summed E-state index contributed by atoms with van der Waals surface area (Å²) in [6.07, 6.45) is 3.68. The molecule has 4 heteroatoms. The van der Waals surface area contributed by atoms with Crippen LogP contribution in [-0.4, -0.2) is 9.36 Å². The lowest BCUT2D eigenvalue weighted by molar-refractivity contribution is 0.912. The Morgan fingerprint density at radius 2 is 2.07 bits per heavy atom. The number of aryl methyl sites for hydroxylation is 2. The van der Waals surface area contributed by atoms with Crippen LogP contribution in [-0.2, 0) is 12.8 Å². The highest BCUT2D eigenvalue weighted by Gasteiger charge is 2.12. The molecule has 2 N–H and O–H groups in total. The van der Waals surface area contributed by atoms with E-state index in [-0.39, 0.29) is 0 Å². The second kappa shape index (κ2) is 3.31. The number of aromatic nitrogens is 2. The average Bonchev–Trinajstić information content (AvgIpc) is 2.84. The van der Waals surface area contributed by atoms with Crippen molar-refractivity contribution in [2.75, 3.05) is 5.73 Å². The summed E-state index contributed by atoms with van der Waals surface area (Å²) < 4.78 is 3.99. The minimum absolute atomic E-state index is 0.371. The van der Waals surface area contributed by atoms with Crippen LogP contribution in [0.15, 0.2) is 18.2 Å². The molecule has 1 aliphatic rings. The van der Waals surface area contributed by atoms with Crippen molar-refractivity contribution in [3.8, 4) is 10.6 Å². The summed E-state index contributed by atoms with van der Waals surface area (Å²) in [4.78, 5) is 4.19. The molecule has 0 radical (unpaired) electrons. The van der Waals surface area contributed by atoms with E-state index < -0.39 is 0 Å². The largest absolute Gasteiger partial charge is 0.367 e. The maximum atomic E-state index is 5.52. The van der Waals surface area contributed by atoms with Gasteiger partial charge in [-0.2, -0.15) is 9.36 Å². The number of fused-ring (bicyclic) bond motifs is 1. The first-order valence-electron chi connectivity index (χ1n) is 5.04. The molecule has 1 heterocycles. The minimum atomic E-state index is 0.371. The van der Waals surface area contributed by atoms with E-state index in [1.807, 2.05) is 0 Å². The zero-order chi connectivity index (χ0) is 10.3. The molecule has 0 spiro atoms. The lowest BCUT2D eigenvalue weighted by Gasteiger charge is -2.00. The van der Waals surface area contributed by atoms with Gasteiger partial charge in [-0.25, -0.2) is 0 Å². The molecule has 1 aliphatic carbocycles. The van der Waals surface area contributed by atoms with Crippen molar-refractivity contribution in [3.05, 3.63) is 29.3 Å². The maximum absolute atomic E-state index is 5.52. The third kappa shape index (κ3) is 1.51. The second-order valence-electron chi connectivity index (χ2n) is 3.79. The number of hydrogen-bond acceptors (Lipinski definition) is 4. The first kappa shape index (κ1) is 8.85. The molecule has 0 fully saturated rings. The van der Waals surface area contributed by atoms with Crippen LogP contribution in [0.4, 0.5) is 5.95 Å². The Labute approximate surface area is 92.1 Å². The van der Waals surface area contributed by atoms with Crippen molar-refractivity contribution in [2.45, 2.75) is 19.3 Å². The highest BCUT2D eigenvalue weighted by atomic mass is 32.1. The topological polar surface area (TPSA) is 51.8 Å². The molecule has 2 aromatic rings. The molecule has 0 saturated carbocycles. The number of anilines is 1. The molecular formula is C11H11N3S. The van der Waals surface area contributed by atoms with Crippen molar-refractivity contribution in [1.82, 2.24) is 9.36 Å². The summed E-state index contributed by atoms with van der Waals surface area (Å²) in [5.41, 5.74) is 9.60. The summed E-state index contributed by atoms with van der Waals surface area (Å²) in [7, 11) is 0. The fraction of sp³-hybridized carbons (Fsp3) is 0.273. The summed E-state index contributed by atoms with van der Waals surface area (Å²) in [5.74, 6) is 0.371. The summed E-state index contributed by atoms with van der Waals surface area (Å²) in [5, 5.41) is 0.919. The van der Waals surface area contributed by atoms with Crippen LogP contribution >= 0.6 is 11.5 Å². The van der Waals surface area contributed by atoms with Crippen molar-refractivity contribution >= 4 is 17.5 Å².